The van der Waals surface area contributed by atoms with Crippen LogP contribution in [0.4, 0.5) is 9.80 Å². The van der Waals surface area contributed by atoms with E-state index in [-0.39, 0.29) is 12.5 Å². The van der Waals surface area contributed by atoms with E-state index in [2.05, 4.69) is 23.6 Å². The third kappa shape index (κ3) is 3.32. The second kappa shape index (κ2) is 7.31. The van der Waals surface area contributed by atoms with Crippen LogP contribution < -0.4 is 10.6 Å². The number of rotatable bonds is 5. The summed E-state index contributed by atoms with van der Waals surface area (Å²) in [7, 11) is 0. The average molecular weight is 388 g/mol. The van der Waals surface area contributed by atoms with Gasteiger partial charge in [0.15, 0.2) is 0 Å². The van der Waals surface area contributed by atoms with Gasteiger partial charge in [-0.1, -0.05) is 20.8 Å². The summed E-state index contributed by atoms with van der Waals surface area (Å²) < 4.78 is 0. The lowest BCUT2D eigenvalue weighted by Gasteiger charge is -2.22. The maximum absolute atomic E-state index is 12.6. The lowest BCUT2D eigenvalue weighted by molar-refractivity contribution is -0.134. The van der Waals surface area contributed by atoms with Crippen LogP contribution in [0.5, 0.6) is 0 Å². The van der Waals surface area contributed by atoms with Gasteiger partial charge >= 0.3 is 6.03 Å². The van der Waals surface area contributed by atoms with Gasteiger partial charge in [0.25, 0.3) is 5.91 Å². The predicted molar refractivity (Wildman–Crippen MR) is 102 cm³/mol. The van der Waals surface area contributed by atoms with Gasteiger partial charge in [-0.2, -0.15) is 5.26 Å². The Labute approximate surface area is 162 Å². The molecule has 1 saturated heterocycles. The van der Waals surface area contributed by atoms with Gasteiger partial charge in [-0.15, -0.1) is 11.3 Å². The number of carbonyl (C=O) groups is 3. The van der Waals surface area contributed by atoms with Crippen LogP contribution in [0.15, 0.2) is 0 Å². The molecule has 0 bridgehead atoms. The van der Waals surface area contributed by atoms with E-state index in [1.807, 2.05) is 13.8 Å². The van der Waals surface area contributed by atoms with Crippen LogP contribution in [0.1, 0.15) is 56.0 Å². The van der Waals surface area contributed by atoms with Crippen molar-refractivity contribution in [1.82, 2.24) is 10.2 Å². The summed E-state index contributed by atoms with van der Waals surface area (Å²) in [6.07, 6.45) is 3.73. The number of amides is 4. The number of imide groups is 1. The predicted octanol–water partition coefficient (Wildman–Crippen LogP) is 2.79. The average Bonchev–Trinajstić information content (AvgIpc) is 3.10. The van der Waals surface area contributed by atoms with Gasteiger partial charge in [-0.3, -0.25) is 14.5 Å². The first kappa shape index (κ1) is 19.4. The van der Waals surface area contributed by atoms with Gasteiger partial charge in [0.05, 0.1) is 5.56 Å². The molecular formula is C19H24N4O3S. The maximum atomic E-state index is 12.6. The highest BCUT2D eigenvalue weighted by atomic mass is 32.1. The Balaban J connectivity index is 1.75. The van der Waals surface area contributed by atoms with Crippen LogP contribution in [0, 0.1) is 17.2 Å². The van der Waals surface area contributed by atoms with Crippen molar-refractivity contribution in [3.63, 3.8) is 0 Å². The van der Waals surface area contributed by atoms with E-state index < -0.39 is 17.5 Å². The number of fused-ring (bicyclic) bond motifs is 1. The minimum absolute atomic E-state index is 0.351. The normalized spacial score (nSPS) is 20.8. The Morgan fingerprint density at radius 2 is 2.11 bits per heavy atom. The van der Waals surface area contributed by atoms with Crippen LogP contribution >= 0.6 is 11.3 Å². The fraction of sp³-hybridized carbons (Fsp3) is 0.579. The van der Waals surface area contributed by atoms with Crippen LogP contribution in [-0.2, 0) is 22.4 Å². The van der Waals surface area contributed by atoms with Crippen molar-refractivity contribution >= 4 is 34.2 Å². The fourth-order valence-corrected chi connectivity index (χ4v) is 5.19. The van der Waals surface area contributed by atoms with Gasteiger partial charge in [0.2, 0.25) is 5.91 Å². The molecule has 1 fully saturated rings. The molecule has 1 unspecified atom stereocenters. The van der Waals surface area contributed by atoms with Gasteiger partial charge in [-0.05, 0) is 43.6 Å². The van der Waals surface area contributed by atoms with Crippen molar-refractivity contribution in [3.8, 4) is 6.07 Å². The second-order valence-corrected chi connectivity index (χ2v) is 8.43. The van der Waals surface area contributed by atoms with Crippen LogP contribution in [0.2, 0.25) is 0 Å². The molecule has 1 aliphatic heterocycles. The fourth-order valence-electron chi connectivity index (χ4n) is 3.82. The van der Waals surface area contributed by atoms with Crippen molar-refractivity contribution < 1.29 is 14.4 Å². The molecule has 8 heteroatoms. The maximum Gasteiger partial charge on any atom is 0.325 e. The first-order valence-corrected chi connectivity index (χ1v) is 10.1. The summed E-state index contributed by atoms with van der Waals surface area (Å²) in [4.78, 5) is 39.4. The quantitative estimate of drug-likeness (QED) is 0.757. The number of nitrogens with one attached hydrogen (secondary N) is 2. The minimum atomic E-state index is -0.923. The van der Waals surface area contributed by atoms with E-state index in [1.165, 1.54) is 11.3 Å². The molecule has 2 N–H and O–H groups in total. The molecule has 1 aromatic heterocycles. The standard InChI is InChI=1S/C19H24N4O3S/c1-4-19(5-2)17(25)23(18(26)22-19)10-15(24)21-16-13(9-20)12-7-6-11(3)8-14(12)27-16/h11H,4-8,10H2,1-3H3,(H,21,24)(H,22,26). The molecular weight excluding hydrogens is 364 g/mol. The van der Waals surface area contributed by atoms with E-state index in [1.54, 1.807) is 0 Å². The Hall–Kier alpha value is -2.40. The number of urea groups is 1. The molecule has 0 saturated carbocycles. The minimum Gasteiger partial charge on any atom is -0.323 e. The van der Waals surface area contributed by atoms with Crippen molar-refractivity contribution in [2.75, 3.05) is 11.9 Å². The first-order valence-electron chi connectivity index (χ1n) is 9.33. The molecule has 0 spiro atoms. The van der Waals surface area contributed by atoms with Gasteiger partial charge in [0, 0.05) is 4.88 Å². The zero-order valence-electron chi connectivity index (χ0n) is 15.8. The Morgan fingerprint density at radius 3 is 2.70 bits per heavy atom. The van der Waals surface area contributed by atoms with Gasteiger partial charge in [0.1, 0.15) is 23.2 Å². The summed E-state index contributed by atoms with van der Waals surface area (Å²) in [5, 5.41) is 15.5. The molecule has 27 heavy (non-hydrogen) atoms. The molecule has 0 aromatic carbocycles. The molecule has 144 valence electrons. The molecule has 1 atom stereocenters. The molecule has 2 aliphatic rings. The Kier molecular flexibility index (Phi) is 5.24. The molecule has 3 rings (SSSR count). The van der Waals surface area contributed by atoms with E-state index in [0.717, 1.165) is 34.6 Å². The number of carbonyl (C=O) groups excluding carboxylic acids is 3. The molecule has 1 aliphatic carbocycles. The topological polar surface area (TPSA) is 102 Å². The van der Waals surface area contributed by atoms with Crippen molar-refractivity contribution in [2.24, 2.45) is 5.92 Å². The summed E-state index contributed by atoms with van der Waals surface area (Å²) in [5.41, 5.74) is 0.624. The number of nitrogens with zero attached hydrogens (tertiary/aromatic N) is 2. The van der Waals surface area contributed by atoms with E-state index in [4.69, 9.17) is 0 Å². The highest BCUT2D eigenvalue weighted by Gasteiger charge is 2.49. The SMILES string of the molecule is CCC1(CC)NC(=O)N(CC(=O)Nc2sc3c(c2C#N)CCC(C)C3)C1=O. The molecule has 1 aromatic rings. The van der Waals surface area contributed by atoms with Gasteiger partial charge in [-0.25, -0.2) is 4.79 Å². The summed E-state index contributed by atoms with van der Waals surface area (Å²) in [5.74, 6) is -0.273. The first-order chi connectivity index (χ1) is 12.8. The number of anilines is 1. The van der Waals surface area contributed by atoms with E-state index >= 15 is 0 Å². The highest BCUT2D eigenvalue weighted by Crippen LogP contribution is 2.39. The molecule has 4 amide bonds. The Bertz CT molecular complexity index is 835. The summed E-state index contributed by atoms with van der Waals surface area (Å²) in [6.45, 7) is 5.50. The number of thiophene rings is 1. The van der Waals surface area contributed by atoms with E-state index in [9.17, 15) is 19.6 Å². The van der Waals surface area contributed by atoms with E-state index in [0.29, 0.717) is 29.3 Å². The molecule has 0 radical (unpaired) electrons. The lowest BCUT2D eigenvalue weighted by atomic mass is 9.89. The van der Waals surface area contributed by atoms with Crippen LogP contribution in [0.3, 0.4) is 0 Å². The number of nitriles is 1. The highest BCUT2D eigenvalue weighted by molar-refractivity contribution is 7.16. The summed E-state index contributed by atoms with van der Waals surface area (Å²) >= 11 is 1.43. The molecule has 7 nitrogen and oxygen atoms in total. The van der Waals surface area contributed by atoms with Crippen LogP contribution in [0.25, 0.3) is 0 Å². The Morgan fingerprint density at radius 1 is 1.41 bits per heavy atom. The zero-order valence-corrected chi connectivity index (χ0v) is 16.7. The third-order valence-electron chi connectivity index (χ3n) is 5.63. The van der Waals surface area contributed by atoms with Crippen LogP contribution in [-0.4, -0.2) is 34.8 Å². The number of hydrogen-bond acceptors (Lipinski definition) is 5. The number of hydrogen-bond donors (Lipinski definition) is 2. The van der Waals surface area contributed by atoms with Crippen molar-refractivity contribution in [1.29, 1.82) is 5.26 Å². The third-order valence-corrected chi connectivity index (χ3v) is 6.80. The van der Waals surface area contributed by atoms with Crippen molar-refractivity contribution in [3.05, 3.63) is 16.0 Å². The summed E-state index contributed by atoms with van der Waals surface area (Å²) in [6, 6.07) is 1.66. The largest absolute Gasteiger partial charge is 0.325 e. The van der Waals surface area contributed by atoms with Crippen molar-refractivity contribution in [2.45, 2.75) is 58.4 Å². The second-order valence-electron chi connectivity index (χ2n) is 7.33. The van der Waals surface area contributed by atoms with Gasteiger partial charge < -0.3 is 10.6 Å². The zero-order chi connectivity index (χ0) is 19.8. The molecule has 2 heterocycles. The smallest absolute Gasteiger partial charge is 0.323 e. The lowest BCUT2D eigenvalue weighted by Crippen LogP contribution is -2.46. The monoisotopic (exact) mass is 388 g/mol.